The van der Waals surface area contributed by atoms with Crippen LogP contribution in [0.2, 0.25) is 0 Å². The van der Waals surface area contributed by atoms with Crippen LogP contribution in [0.1, 0.15) is 19.8 Å². The van der Waals surface area contributed by atoms with Crippen molar-refractivity contribution in [2.24, 2.45) is 0 Å². The summed E-state index contributed by atoms with van der Waals surface area (Å²) in [5, 5.41) is 6.21. The number of aromatic nitrogens is 1. The van der Waals surface area contributed by atoms with Gasteiger partial charge in [0.25, 0.3) is 0 Å². The van der Waals surface area contributed by atoms with Gasteiger partial charge < -0.3 is 15.4 Å². The highest BCUT2D eigenvalue weighted by Gasteiger charge is 2.39. The Morgan fingerprint density at radius 1 is 1.14 bits per heavy atom. The molecule has 0 spiro atoms. The van der Waals surface area contributed by atoms with E-state index in [-0.39, 0.29) is 24.5 Å². The molecule has 0 unspecified atom stereocenters. The number of halogens is 6. The van der Waals surface area contributed by atoms with Crippen molar-refractivity contribution in [3.63, 3.8) is 0 Å². The van der Waals surface area contributed by atoms with Crippen LogP contribution in [0.15, 0.2) is 30.6 Å². The van der Waals surface area contributed by atoms with E-state index in [1.165, 1.54) is 12.4 Å². The molecule has 2 heterocycles. The van der Waals surface area contributed by atoms with E-state index in [0.717, 1.165) is 25.9 Å². The zero-order valence-electron chi connectivity index (χ0n) is 15.3. The number of piperidine rings is 1. The van der Waals surface area contributed by atoms with Crippen molar-refractivity contribution in [3.8, 4) is 5.75 Å². The van der Waals surface area contributed by atoms with Crippen molar-refractivity contribution in [1.82, 2.24) is 10.3 Å². The van der Waals surface area contributed by atoms with Crippen molar-refractivity contribution in [2.45, 2.75) is 38.2 Å². The lowest BCUT2D eigenvalue weighted by molar-refractivity contribution is -0.167. The Morgan fingerprint density at radius 2 is 1.76 bits per heavy atom. The molecule has 3 rings (SSSR count). The van der Waals surface area contributed by atoms with Gasteiger partial charge in [-0.25, -0.2) is 0 Å². The van der Waals surface area contributed by atoms with Crippen LogP contribution < -0.4 is 15.4 Å². The van der Waals surface area contributed by atoms with E-state index in [1.807, 2.05) is 5.32 Å². The molecule has 2 aromatic rings. The van der Waals surface area contributed by atoms with Crippen molar-refractivity contribution in [3.05, 3.63) is 30.6 Å². The van der Waals surface area contributed by atoms with Crippen LogP contribution in [0.3, 0.4) is 0 Å². The van der Waals surface area contributed by atoms with Gasteiger partial charge in [-0.3, -0.25) is 9.78 Å². The van der Waals surface area contributed by atoms with E-state index >= 15 is 0 Å². The predicted molar refractivity (Wildman–Crippen MR) is 94.7 cm³/mol. The number of benzene rings is 1. The van der Waals surface area contributed by atoms with Gasteiger partial charge in [0, 0.05) is 30.1 Å². The van der Waals surface area contributed by atoms with Gasteiger partial charge in [-0.15, -0.1) is 0 Å². The number of hydrogen-bond donors (Lipinski definition) is 2. The van der Waals surface area contributed by atoms with Gasteiger partial charge in [-0.1, -0.05) is 0 Å². The van der Waals surface area contributed by atoms with Crippen molar-refractivity contribution < 1.29 is 35.9 Å². The summed E-state index contributed by atoms with van der Waals surface area (Å²) in [5.41, 5.74) is 0.0238. The van der Waals surface area contributed by atoms with Crippen LogP contribution in [-0.2, 0) is 4.79 Å². The highest BCUT2D eigenvalue weighted by Crippen LogP contribution is 2.35. The van der Waals surface area contributed by atoms with Gasteiger partial charge in [-0.2, -0.15) is 26.3 Å². The Kier molecular flexibility index (Phi) is 7.28. The highest BCUT2D eigenvalue weighted by molar-refractivity contribution is 6.05. The third-order valence-electron chi connectivity index (χ3n) is 3.86. The van der Waals surface area contributed by atoms with Gasteiger partial charge in [0.15, 0.2) is 0 Å². The summed E-state index contributed by atoms with van der Waals surface area (Å²) in [4.78, 5) is 15.3. The minimum absolute atomic E-state index is 0.0238. The summed E-state index contributed by atoms with van der Waals surface area (Å²) in [5.74, 6) is -1.79. The normalized spacial score (nSPS) is 15.4. The monoisotopic (exact) mass is 423 g/mol. The summed E-state index contributed by atoms with van der Waals surface area (Å²) in [6.07, 6.45) is -4.59. The largest absolute Gasteiger partial charge is 0.488 e. The average molecular weight is 423 g/mol. The summed E-state index contributed by atoms with van der Waals surface area (Å²) in [6, 6.07) is 4.83. The minimum Gasteiger partial charge on any atom is -0.488 e. The van der Waals surface area contributed by atoms with E-state index in [4.69, 9.17) is 4.74 Å². The Hall–Kier alpha value is -2.56. The molecule has 1 amide bonds. The summed E-state index contributed by atoms with van der Waals surface area (Å²) in [7, 11) is 0. The summed E-state index contributed by atoms with van der Waals surface area (Å²) >= 11 is 0. The topological polar surface area (TPSA) is 63.2 Å². The molecule has 0 saturated carbocycles. The second-order valence-electron chi connectivity index (χ2n) is 6.34. The van der Waals surface area contributed by atoms with Crippen LogP contribution in [0.4, 0.5) is 32.0 Å². The van der Waals surface area contributed by atoms with E-state index < -0.39 is 18.3 Å². The minimum atomic E-state index is -4.97. The number of anilines is 1. The third-order valence-corrected chi connectivity index (χ3v) is 3.86. The fourth-order valence-electron chi connectivity index (χ4n) is 2.65. The maximum Gasteiger partial charge on any atom is 0.471 e. The van der Waals surface area contributed by atoms with Crippen LogP contribution in [-0.4, -0.2) is 42.4 Å². The molecule has 1 aromatic carbocycles. The number of carbonyl (C=O) groups excluding carboxylic acids is 1. The van der Waals surface area contributed by atoms with Crippen molar-refractivity contribution in [2.75, 3.05) is 18.4 Å². The maximum atomic E-state index is 12.7. The molecule has 1 aromatic heterocycles. The van der Waals surface area contributed by atoms with Gasteiger partial charge >= 0.3 is 18.3 Å². The van der Waals surface area contributed by atoms with E-state index in [2.05, 4.69) is 10.3 Å². The molecule has 29 heavy (non-hydrogen) atoms. The first-order valence-corrected chi connectivity index (χ1v) is 8.64. The third kappa shape index (κ3) is 7.41. The second-order valence-corrected chi connectivity index (χ2v) is 6.34. The molecule has 1 aliphatic rings. The van der Waals surface area contributed by atoms with E-state index in [0.29, 0.717) is 10.8 Å². The smallest absolute Gasteiger partial charge is 0.471 e. The van der Waals surface area contributed by atoms with Gasteiger partial charge in [0.1, 0.15) is 11.9 Å². The first-order valence-electron chi connectivity index (χ1n) is 8.64. The zero-order valence-corrected chi connectivity index (χ0v) is 15.3. The van der Waals surface area contributed by atoms with Gasteiger partial charge in [-0.05, 0) is 44.1 Å². The zero-order chi connectivity index (χ0) is 21.7. The maximum absolute atomic E-state index is 12.7. The summed E-state index contributed by atoms with van der Waals surface area (Å²) in [6.45, 7) is 1.76. The number of nitrogens with zero attached hydrogens (tertiary/aromatic N) is 1. The first kappa shape index (κ1) is 22.7. The number of fused-ring (bicyclic) bond motifs is 1. The molecule has 5 nitrogen and oxygen atoms in total. The number of carbonyl (C=O) groups is 1. The Bertz CT molecular complexity index is 826. The fraction of sp³-hybridized carbons (Fsp3) is 0.444. The molecule has 160 valence electrons. The molecule has 1 fully saturated rings. The number of hydrogen-bond acceptors (Lipinski definition) is 4. The van der Waals surface area contributed by atoms with Crippen LogP contribution in [0.5, 0.6) is 5.75 Å². The molecule has 11 heteroatoms. The molecule has 0 radical (unpaired) electrons. The number of nitrogens with one attached hydrogen (secondary N) is 2. The summed E-state index contributed by atoms with van der Waals surface area (Å²) < 4.78 is 74.9. The average Bonchev–Trinajstić information content (AvgIpc) is 2.62. The van der Waals surface area contributed by atoms with Crippen molar-refractivity contribution >= 4 is 22.4 Å². The lowest BCUT2D eigenvalue weighted by atomic mass is 10.1. The number of amides is 1. The molecule has 0 bridgehead atoms. The molecule has 0 atom stereocenters. The van der Waals surface area contributed by atoms with Crippen LogP contribution in [0.25, 0.3) is 10.8 Å². The predicted octanol–water partition coefficient (Wildman–Crippen LogP) is 4.44. The highest BCUT2D eigenvalue weighted by atomic mass is 19.4. The van der Waals surface area contributed by atoms with Crippen LogP contribution >= 0.6 is 0 Å². The van der Waals surface area contributed by atoms with Gasteiger partial charge in [0.2, 0.25) is 0 Å². The Morgan fingerprint density at radius 3 is 2.34 bits per heavy atom. The first-order chi connectivity index (χ1) is 13.4. The fourth-order valence-corrected chi connectivity index (χ4v) is 2.65. The van der Waals surface area contributed by atoms with Crippen molar-refractivity contribution in [1.29, 1.82) is 0 Å². The van der Waals surface area contributed by atoms with E-state index in [1.54, 1.807) is 18.2 Å². The standard InChI is InChI=1S/C16H16F3N3O2.C2H3F3/c17-16(18,19)15(23)22-14-12-5-8-21-9-10(12)1-2-13(14)24-11-3-6-20-7-4-11;1-2(3,4)5/h1-2,5,8-9,11,20H,3-4,6-7H2,(H,22,23);1H3. The van der Waals surface area contributed by atoms with Gasteiger partial charge in [0.05, 0.1) is 5.69 Å². The number of pyridine rings is 1. The van der Waals surface area contributed by atoms with E-state index in [9.17, 15) is 31.1 Å². The molecule has 2 N–H and O–H groups in total. The second kappa shape index (κ2) is 9.29. The lowest BCUT2D eigenvalue weighted by Crippen LogP contribution is -2.34. The molecule has 1 aliphatic heterocycles. The number of rotatable bonds is 3. The Balaban J connectivity index is 0.000000537. The quantitative estimate of drug-likeness (QED) is 0.717. The number of alkyl halides is 6. The Labute approximate surface area is 162 Å². The molecule has 1 saturated heterocycles. The molecular weight excluding hydrogens is 404 g/mol. The molecular formula is C18H19F6N3O2. The molecule has 0 aliphatic carbocycles. The SMILES string of the molecule is CC(F)(F)F.O=C(Nc1c(OC2CCNCC2)ccc2cnccc12)C(F)(F)F. The number of ether oxygens (including phenoxy) is 1. The van der Waals surface area contributed by atoms with Crippen LogP contribution in [0, 0.1) is 0 Å². The lowest BCUT2D eigenvalue weighted by Gasteiger charge is -2.25.